The highest BCUT2D eigenvalue weighted by Crippen LogP contribution is 2.54. The van der Waals surface area contributed by atoms with Gasteiger partial charge < -0.3 is 29.0 Å². The molecule has 3 aliphatic rings. The number of ether oxygens (including phenoxy) is 5. The number of methoxy groups -OCH3 is 1. The number of imide groups is 1. The SMILES string of the molecule is CCCCOC(=O)NCCN(CC)CC(=O)NC(=O)OC1CCC2(CO2)C(C2OC2CC=C(C)C)C1OC. The van der Waals surface area contributed by atoms with Crippen LogP contribution < -0.4 is 10.6 Å². The van der Waals surface area contributed by atoms with E-state index in [0.29, 0.717) is 39.3 Å². The fraction of sp³-hybridized carbons (Fsp3) is 0.815. The van der Waals surface area contributed by atoms with E-state index in [1.54, 1.807) is 7.11 Å². The Morgan fingerprint density at radius 3 is 2.58 bits per heavy atom. The fourth-order valence-electron chi connectivity index (χ4n) is 5.15. The molecule has 1 saturated carbocycles. The van der Waals surface area contributed by atoms with Crippen molar-refractivity contribution in [3.63, 3.8) is 0 Å². The van der Waals surface area contributed by atoms with Crippen LogP contribution >= 0.6 is 0 Å². The second-order valence-electron chi connectivity index (χ2n) is 10.6. The van der Waals surface area contributed by atoms with Gasteiger partial charge in [-0.25, -0.2) is 9.59 Å². The van der Waals surface area contributed by atoms with E-state index in [9.17, 15) is 14.4 Å². The molecule has 3 rings (SSSR count). The third-order valence-corrected chi connectivity index (χ3v) is 7.44. The lowest BCUT2D eigenvalue weighted by Gasteiger charge is -2.39. The molecule has 0 aromatic heterocycles. The summed E-state index contributed by atoms with van der Waals surface area (Å²) in [7, 11) is 1.61. The topological polar surface area (TPSA) is 131 Å². The molecule has 2 heterocycles. The zero-order valence-electron chi connectivity index (χ0n) is 23.5. The Kier molecular flexibility index (Phi) is 11.4. The first kappa shape index (κ1) is 30.3. The molecule has 0 aromatic rings. The number of amides is 3. The maximum Gasteiger partial charge on any atom is 0.414 e. The number of unbranched alkanes of at least 4 members (excludes halogenated alkanes) is 1. The van der Waals surface area contributed by atoms with E-state index in [1.165, 1.54) is 5.57 Å². The summed E-state index contributed by atoms with van der Waals surface area (Å²) in [6, 6.07) is 0. The number of alkyl carbamates (subject to hydrolysis) is 2. The van der Waals surface area contributed by atoms with Crippen molar-refractivity contribution < 1.29 is 38.1 Å². The number of epoxide rings is 2. The van der Waals surface area contributed by atoms with Crippen LogP contribution in [0.4, 0.5) is 9.59 Å². The second-order valence-corrected chi connectivity index (χ2v) is 10.6. The molecule has 3 fully saturated rings. The van der Waals surface area contributed by atoms with Gasteiger partial charge in [0.05, 0.1) is 37.6 Å². The van der Waals surface area contributed by atoms with Gasteiger partial charge in [-0.05, 0) is 46.1 Å². The largest absolute Gasteiger partial charge is 0.450 e. The van der Waals surface area contributed by atoms with Crippen molar-refractivity contribution in [2.45, 2.75) is 89.8 Å². The second kappa shape index (κ2) is 14.3. The molecule has 1 aliphatic carbocycles. The molecule has 2 saturated heterocycles. The Morgan fingerprint density at radius 1 is 1.18 bits per heavy atom. The Morgan fingerprint density at radius 2 is 1.95 bits per heavy atom. The van der Waals surface area contributed by atoms with Gasteiger partial charge in [0.25, 0.3) is 0 Å². The molecule has 0 radical (unpaired) electrons. The molecular formula is C27H45N3O8. The van der Waals surface area contributed by atoms with E-state index in [-0.39, 0.29) is 36.4 Å². The number of nitrogens with one attached hydrogen (secondary N) is 2. The molecule has 0 aromatic carbocycles. The van der Waals surface area contributed by atoms with E-state index in [0.717, 1.165) is 25.7 Å². The quantitative estimate of drug-likeness (QED) is 0.194. The van der Waals surface area contributed by atoms with Gasteiger partial charge in [0.15, 0.2) is 0 Å². The molecule has 2 aliphatic heterocycles. The molecule has 11 nitrogen and oxygen atoms in total. The van der Waals surface area contributed by atoms with Crippen LogP contribution in [-0.4, -0.2) is 99.5 Å². The summed E-state index contributed by atoms with van der Waals surface area (Å²) in [5, 5.41) is 5.00. The number of allylic oxidation sites excluding steroid dienone is 1. The Bertz CT molecular complexity index is 842. The highest BCUT2D eigenvalue weighted by Gasteiger charge is 2.66. The van der Waals surface area contributed by atoms with Crippen LogP contribution in [0.5, 0.6) is 0 Å². The summed E-state index contributed by atoms with van der Waals surface area (Å²) in [6.45, 7) is 10.4. The lowest BCUT2D eigenvalue weighted by Crippen LogP contribution is -2.53. The van der Waals surface area contributed by atoms with E-state index in [1.807, 2.05) is 18.7 Å². The minimum atomic E-state index is -0.792. The van der Waals surface area contributed by atoms with Crippen molar-refractivity contribution in [2.75, 3.05) is 46.5 Å². The highest BCUT2D eigenvalue weighted by molar-refractivity contribution is 5.92. The molecule has 6 atom stereocenters. The zero-order valence-corrected chi connectivity index (χ0v) is 23.5. The molecule has 11 heteroatoms. The smallest absolute Gasteiger partial charge is 0.414 e. The molecule has 6 unspecified atom stereocenters. The van der Waals surface area contributed by atoms with Crippen molar-refractivity contribution in [1.82, 2.24) is 15.5 Å². The lowest BCUT2D eigenvalue weighted by molar-refractivity contribution is -0.124. The molecular weight excluding hydrogens is 494 g/mol. The van der Waals surface area contributed by atoms with E-state index in [4.69, 9.17) is 23.7 Å². The Balaban J connectivity index is 1.44. The van der Waals surface area contributed by atoms with Gasteiger partial charge in [-0.3, -0.25) is 15.0 Å². The van der Waals surface area contributed by atoms with Crippen LogP contribution in [0.15, 0.2) is 11.6 Å². The number of nitrogens with zero attached hydrogens (tertiary/aromatic N) is 1. The minimum Gasteiger partial charge on any atom is -0.450 e. The first-order valence-corrected chi connectivity index (χ1v) is 13.8. The standard InChI is InChI=1S/C27H45N3O8/c1-6-8-15-35-25(32)28-13-14-30(7-2)16-21(31)29-26(33)38-20-11-12-27(17-36-27)22(23(20)34-5)24-19(37-24)10-9-18(3)4/h9,19-20,22-24H,6-8,10-17H2,1-5H3,(H,28,32)(H,29,31,33). The highest BCUT2D eigenvalue weighted by atomic mass is 16.6. The van der Waals surface area contributed by atoms with Crippen LogP contribution in [-0.2, 0) is 28.5 Å². The lowest BCUT2D eigenvalue weighted by atomic mass is 9.73. The van der Waals surface area contributed by atoms with Gasteiger partial charge in [0.2, 0.25) is 5.91 Å². The van der Waals surface area contributed by atoms with Crippen molar-refractivity contribution >= 4 is 18.1 Å². The van der Waals surface area contributed by atoms with E-state index in [2.05, 4.69) is 30.6 Å². The van der Waals surface area contributed by atoms with Gasteiger partial charge in [-0.15, -0.1) is 0 Å². The number of hydrogen-bond donors (Lipinski definition) is 2. The predicted octanol–water partition coefficient (Wildman–Crippen LogP) is 2.77. The van der Waals surface area contributed by atoms with Gasteiger partial charge in [-0.2, -0.15) is 0 Å². The summed E-state index contributed by atoms with van der Waals surface area (Å²) in [4.78, 5) is 38.6. The number of likely N-dealkylation sites (N-methyl/N-ethyl adjacent to an activating group) is 1. The van der Waals surface area contributed by atoms with Crippen LogP contribution in [0.2, 0.25) is 0 Å². The minimum absolute atomic E-state index is 0.00192. The zero-order chi connectivity index (χ0) is 27.7. The monoisotopic (exact) mass is 539 g/mol. The van der Waals surface area contributed by atoms with Crippen molar-refractivity contribution in [3.8, 4) is 0 Å². The van der Waals surface area contributed by atoms with E-state index >= 15 is 0 Å². The van der Waals surface area contributed by atoms with Gasteiger partial charge in [-0.1, -0.05) is 31.9 Å². The van der Waals surface area contributed by atoms with Gasteiger partial charge in [0.1, 0.15) is 12.2 Å². The molecule has 3 amide bonds. The van der Waals surface area contributed by atoms with Crippen LogP contribution in [0.1, 0.15) is 59.8 Å². The summed E-state index contributed by atoms with van der Waals surface area (Å²) in [6.07, 6.45) is 4.03. The molecule has 0 bridgehead atoms. The van der Waals surface area contributed by atoms with Gasteiger partial charge in [0, 0.05) is 26.1 Å². The third-order valence-electron chi connectivity index (χ3n) is 7.44. The summed E-state index contributed by atoms with van der Waals surface area (Å²) >= 11 is 0. The van der Waals surface area contributed by atoms with E-state index < -0.39 is 24.2 Å². The number of carbonyl (C=O) groups excluding carboxylic acids is 3. The first-order chi connectivity index (χ1) is 18.2. The number of carbonyl (C=O) groups is 3. The average Bonchev–Trinajstić information content (AvgIpc) is 3.80. The molecule has 2 N–H and O–H groups in total. The number of hydrogen-bond acceptors (Lipinski definition) is 9. The predicted molar refractivity (Wildman–Crippen MR) is 140 cm³/mol. The first-order valence-electron chi connectivity index (χ1n) is 13.8. The maximum absolute atomic E-state index is 12.6. The Labute approximate surface area is 225 Å². The number of rotatable bonds is 14. The van der Waals surface area contributed by atoms with Crippen molar-refractivity contribution in [2.24, 2.45) is 5.92 Å². The van der Waals surface area contributed by atoms with Crippen LogP contribution in [0.25, 0.3) is 0 Å². The molecule has 216 valence electrons. The van der Waals surface area contributed by atoms with Crippen LogP contribution in [0, 0.1) is 5.92 Å². The molecule has 38 heavy (non-hydrogen) atoms. The average molecular weight is 540 g/mol. The normalized spacial score (nSPS) is 29.5. The Hall–Kier alpha value is -2.21. The molecule has 1 spiro atoms. The van der Waals surface area contributed by atoms with Crippen molar-refractivity contribution in [1.29, 1.82) is 0 Å². The van der Waals surface area contributed by atoms with Gasteiger partial charge >= 0.3 is 12.2 Å². The maximum atomic E-state index is 12.6. The summed E-state index contributed by atoms with van der Waals surface area (Å²) < 4.78 is 28.5. The van der Waals surface area contributed by atoms with Crippen molar-refractivity contribution in [3.05, 3.63) is 11.6 Å². The summed E-state index contributed by atoms with van der Waals surface area (Å²) in [5.41, 5.74) is 0.962. The third kappa shape index (κ3) is 8.65. The van der Waals surface area contributed by atoms with Crippen LogP contribution in [0.3, 0.4) is 0 Å². The fourth-order valence-corrected chi connectivity index (χ4v) is 5.15. The summed E-state index contributed by atoms with van der Waals surface area (Å²) in [5.74, 6) is -0.514.